The van der Waals surface area contributed by atoms with Crippen molar-refractivity contribution in [3.8, 4) is 0 Å². The minimum absolute atomic E-state index is 0. The van der Waals surface area contributed by atoms with Crippen LogP contribution in [-0.2, 0) is 92.9 Å². The van der Waals surface area contributed by atoms with Crippen molar-refractivity contribution in [2.24, 2.45) is 0 Å². The predicted octanol–water partition coefficient (Wildman–Crippen LogP) is -4.67. The molecule has 0 N–H and O–H groups in total. The van der Waals surface area contributed by atoms with Crippen LogP contribution >= 0.6 is 0 Å². The molecule has 0 fully saturated rings. The van der Waals surface area contributed by atoms with Crippen molar-refractivity contribution in [2.75, 3.05) is 0 Å². The SMILES string of the molecule is [Bi+3].[Mn].[O]=[Nb](=[O])[O-].[O]=[Nb](=[O])[O-].[O]=[Nb](=[O])[O-]. The van der Waals surface area contributed by atoms with E-state index in [1.807, 2.05) is 0 Å². The summed E-state index contributed by atoms with van der Waals surface area (Å²) in [6.07, 6.45) is 0. The van der Waals surface area contributed by atoms with Crippen LogP contribution in [0.4, 0.5) is 0 Å². The molecule has 0 amide bonds. The van der Waals surface area contributed by atoms with Gasteiger partial charge in [0.2, 0.25) is 0 Å². The quantitative estimate of drug-likeness (QED) is 0.227. The molecule has 0 aromatic heterocycles. The Morgan fingerprint density at radius 1 is 0.571 bits per heavy atom. The molecule has 0 unspecified atom stereocenters. The Hall–Kier alpha value is 2.30. The molecule has 81 valence electrons. The molecule has 0 aromatic rings. The first-order valence-electron chi connectivity index (χ1n) is 1.64. The Kier molecular flexibility index (Phi) is 52.3. The van der Waals surface area contributed by atoms with Crippen molar-refractivity contribution < 1.29 is 104 Å². The van der Waals surface area contributed by atoms with Gasteiger partial charge in [0.25, 0.3) is 0 Å². The maximum atomic E-state index is 8.60. The molecule has 0 aliphatic rings. The third-order valence-corrected chi connectivity index (χ3v) is 0. The van der Waals surface area contributed by atoms with Crippen LogP contribution in [0, 0.1) is 0 Å². The van der Waals surface area contributed by atoms with Crippen LogP contribution in [-0.4, -0.2) is 26.2 Å². The average molecular weight is 687 g/mol. The standard InChI is InChI=1S/Bi.Mn.3Nb.9O/q+3;;;;;;;;;;;3*-1. The number of hydrogen-bond donors (Lipinski definition) is 0. The molecule has 0 rings (SSSR count). The molecule has 0 saturated carbocycles. The van der Waals surface area contributed by atoms with Crippen LogP contribution in [0.1, 0.15) is 0 Å². The molecule has 14 heteroatoms. The van der Waals surface area contributed by atoms with Crippen LogP contribution in [0.3, 0.4) is 0 Å². The zero-order valence-electron chi connectivity index (χ0n) is 5.84. The van der Waals surface area contributed by atoms with E-state index in [0.717, 1.165) is 0 Å². The van der Waals surface area contributed by atoms with Crippen molar-refractivity contribution in [3.05, 3.63) is 0 Å². The van der Waals surface area contributed by atoms with Crippen LogP contribution in [0.15, 0.2) is 0 Å². The van der Waals surface area contributed by atoms with Crippen molar-refractivity contribution in [3.63, 3.8) is 0 Å². The van der Waals surface area contributed by atoms with E-state index in [2.05, 4.69) is 0 Å². The molecule has 0 atom stereocenters. The zero-order chi connectivity index (χ0) is 10.7. The van der Waals surface area contributed by atoms with Gasteiger partial charge in [0, 0.05) is 17.1 Å². The zero-order valence-corrected chi connectivity index (χ0v) is 17.1. The Bertz CT molecular complexity index is 213. The first-order chi connectivity index (χ1) is 5.20. The third-order valence-electron chi connectivity index (χ3n) is 0. The summed E-state index contributed by atoms with van der Waals surface area (Å²) in [5.41, 5.74) is 0. The van der Waals surface area contributed by atoms with E-state index in [0.29, 0.717) is 0 Å². The summed E-state index contributed by atoms with van der Waals surface area (Å²) in [7, 11) is 0. The second-order valence-electron chi connectivity index (χ2n) is 0.671. The molecular weight excluding hydrogens is 687 g/mol. The molecule has 0 heterocycles. The van der Waals surface area contributed by atoms with E-state index < -0.39 is 56.4 Å². The summed E-state index contributed by atoms with van der Waals surface area (Å²) in [5, 5.41) is 0. The van der Waals surface area contributed by atoms with Gasteiger partial charge >= 0.3 is 113 Å². The van der Waals surface area contributed by atoms with Gasteiger partial charge in [-0.3, -0.25) is 0 Å². The van der Waals surface area contributed by atoms with Crippen molar-refractivity contribution in [1.82, 2.24) is 0 Å². The Morgan fingerprint density at radius 3 is 0.571 bits per heavy atom. The fraction of sp³-hybridized carbons (Fsp3) is 0. The Labute approximate surface area is 128 Å². The summed E-state index contributed by atoms with van der Waals surface area (Å²) < 4.78 is 77.4. The number of rotatable bonds is 0. The molecule has 0 aliphatic heterocycles. The summed E-state index contributed by atoms with van der Waals surface area (Å²) >= 11 is -12.6. The second kappa shape index (κ2) is 24.5. The normalized spacial score (nSPS) is 5.36. The van der Waals surface area contributed by atoms with Crippen molar-refractivity contribution in [2.45, 2.75) is 0 Å². The third kappa shape index (κ3) is 477. The fourth-order valence-corrected chi connectivity index (χ4v) is 0. The van der Waals surface area contributed by atoms with Gasteiger partial charge in [-0.05, 0) is 0 Å². The fourth-order valence-electron chi connectivity index (χ4n) is 0. The van der Waals surface area contributed by atoms with Crippen LogP contribution in [0.5, 0.6) is 0 Å². The Morgan fingerprint density at radius 2 is 0.571 bits per heavy atom. The van der Waals surface area contributed by atoms with E-state index in [1.165, 1.54) is 0 Å². The van der Waals surface area contributed by atoms with Crippen LogP contribution in [0.2, 0.25) is 0 Å². The van der Waals surface area contributed by atoms with Crippen LogP contribution in [0.25, 0.3) is 0 Å². The van der Waals surface area contributed by atoms with Gasteiger partial charge in [-0.15, -0.1) is 0 Å². The van der Waals surface area contributed by atoms with Gasteiger partial charge in [-0.25, -0.2) is 0 Å². The van der Waals surface area contributed by atoms with Gasteiger partial charge in [0.15, 0.2) is 0 Å². The van der Waals surface area contributed by atoms with Gasteiger partial charge in [0.1, 0.15) is 0 Å². The molecule has 0 aromatic carbocycles. The molecular formula is BiMnNb3O9. The Balaban J connectivity index is -0.0000000270. The number of hydrogen-bond acceptors (Lipinski definition) is 9. The van der Waals surface area contributed by atoms with E-state index in [9.17, 15) is 0 Å². The van der Waals surface area contributed by atoms with Crippen LogP contribution < -0.4 is 10.8 Å². The van der Waals surface area contributed by atoms with Gasteiger partial charge in [-0.1, -0.05) is 0 Å². The predicted molar refractivity (Wildman–Crippen MR) is 9.87 cm³/mol. The molecule has 9 nitrogen and oxygen atoms in total. The second-order valence-corrected chi connectivity index (χ2v) is 3.97. The first-order valence-corrected chi connectivity index (χ1v) is 9.72. The molecule has 0 spiro atoms. The van der Waals surface area contributed by atoms with Crippen molar-refractivity contribution in [1.29, 1.82) is 0 Å². The van der Waals surface area contributed by atoms with E-state index in [4.69, 9.17) is 30.3 Å². The maximum absolute atomic E-state index is 8.60. The van der Waals surface area contributed by atoms with E-state index in [-0.39, 0.29) is 43.3 Å². The minimum atomic E-state index is -4.20. The van der Waals surface area contributed by atoms with E-state index >= 15 is 0 Å². The molecule has 3 radical (unpaired) electrons. The average Bonchev–Trinajstić information content (AvgIpc) is 1.54. The monoisotopic (exact) mass is 687 g/mol. The first kappa shape index (κ1) is 29.9. The van der Waals surface area contributed by atoms with E-state index in [1.54, 1.807) is 0 Å². The molecule has 0 saturated heterocycles. The van der Waals surface area contributed by atoms with Gasteiger partial charge < -0.3 is 0 Å². The van der Waals surface area contributed by atoms with Gasteiger partial charge in [-0.2, -0.15) is 0 Å². The van der Waals surface area contributed by atoms with Gasteiger partial charge in [0.05, 0.1) is 0 Å². The molecule has 0 bridgehead atoms. The summed E-state index contributed by atoms with van der Waals surface area (Å²) in [5.74, 6) is 0. The van der Waals surface area contributed by atoms with Crippen molar-refractivity contribution >= 4 is 26.2 Å². The molecule has 0 aliphatic carbocycles. The topological polar surface area (TPSA) is 172 Å². The summed E-state index contributed by atoms with van der Waals surface area (Å²) in [6.45, 7) is 0. The summed E-state index contributed by atoms with van der Waals surface area (Å²) in [4.78, 5) is 0. The molecule has 14 heavy (non-hydrogen) atoms. The summed E-state index contributed by atoms with van der Waals surface area (Å²) in [6, 6.07) is 0.